The summed E-state index contributed by atoms with van der Waals surface area (Å²) in [7, 11) is 1.48. The van der Waals surface area contributed by atoms with E-state index < -0.39 is 6.23 Å². The van der Waals surface area contributed by atoms with Crippen molar-refractivity contribution < 1.29 is 14.3 Å². The predicted octanol–water partition coefficient (Wildman–Crippen LogP) is 0.903. The van der Waals surface area contributed by atoms with Crippen LogP contribution in [0.3, 0.4) is 0 Å². The molecule has 12 heavy (non-hydrogen) atoms. The average Bonchev–Trinajstić information content (AvgIpc) is 2.48. The molecule has 0 saturated carbocycles. The minimum absolute atomic E-state index is 0.126. The van der Waals surface area contributed by atoms with Crippen LogP contribution in [0, 0.1) is 0 Å². The van der Waals surface area contributed by atoms with Crippen molar-refractivity contribution >= 4 is 11.8 Å². The van der Waals surface area contributed by atoms with Gasteiger partial charge in [-0.25, -0.2) is 9.79 Å². The van der Waals surface area contributed by atoms with Gasteiger partial charge in [-0.05, 0) is 6.42 Å². The van der Waals surface area contributed by atoms with E-state index in [1.165, 1.54) is 7.11 Å². The normalized spacial score (nSPS) is 21.7. The number of aliphatic imine (C=N–C) groups is 1. The molecule has 4 heteroatoms. The molecule has 1 heterocycles. The van der Waals surface area contributed by atoms with Crippen LogP contribution in [0.2, 0.25) is 0 Å². The summed E-state index contributed by atoms with van der Waals surface area (Å²) in [6, 6.07) is 0. The van der Waals surface area contributed by atoms with Crippen molar-refractivity contribution in [1.82, 2.24) is 0 Å². The molecule has 0 bridgehead atoms. The third-order valence-electron chi connectivity index (χ3n) is 1.50. The molecule has 0 N–H and O–H groups in total. The molecule has 1 aliphatic heterocycles. The summed E-state index contributed by atoms with van der Waals surface area (Å²) in [6.07, 6.45) is 1.08. The highest BCUT2D eigenvalue weighted by Crippen LogP contribution is 2.17. The van der Waals surface area contributed by atoms with Crippen molar-refractivity contribution in [2.45, 2.75) is 26.0 Å². The smallest absolute Gasteiger partial charge is 0.240 e. The zero-order chi connectivity index (χ0) is 8.97. The molecule has 1 atom stereocenters. The van der Waals surface area contributed by atoms with E-state index in [1.54, 1.807) is 5.94 Å². The fraction of sp³-hybridized carbons (Fsp3) is 0.625. The molecule has 0 radical (unpaired) electrons. The van der Waals surface area contributed by atoms with E-state index in [4.69, 9.17) is 9.47 Å². The molecule has 0 saturated heterocycles. The Bertz CT molecular complexity index is 241. The summed E-state index contributed by atoms with van der Waals surface area (Å²) in [6.45, 7) is 2.01. The van der Waals surface area contributed by atoms with Gasteiger partial charge in [-0.3, -0.25) is 0 Å². The van der Waals surface area contributed by atoms with E-state index in [9.17, 15) is 4.79 Å². The Hall–Kier alpha value is -1.12. The third kappa shape index (κ3) is 1.72. The first-order chi connectivity index (χ1) is 5.81. The van der Waals surface area contributed by atoms with E-state index in [-0.39, 0.29) is 5.76 Å². The number of methoxy groups -OCH3 is 1. The van der Waals surface area contributed by atoms with Gasteiger partial charge in [0.25, 0.3) is 0 Å². The van der Waals surface area contributed by atoms with Gasteiger partial charge in [0.1, 0.15) is 0 Å². The highest BCUT2D eigenvalue weighted by molar-refractivity contribution is 5.81. The molecule has 0 spiro atoms. The lowest BCUT2D eigenvalue weighted by Gasteiger charge is -1.99. The highest BCUT2D eigenvalue weighted by Gasteiger charge is 2.25. The first kappa shape index (κ1) is 8.97. The molecule has 4 nitrogen and oxygen atoms in total. The molecule has 0 aromatic rings. The number of hydrogen-bond donors (Lipinski definition) is 0. The zero-order valence-electron chi connectivity index (χ0n) is 7.16. The summed E-state index contributed by atoms with van der Waals surface area (Å²) in [5.74, 6) is 2.34. The maximum atomic E-state index is 10.3. The van der Waals surface area contributed by atoms with Crippen LogP contribution < -0.4 is 0 Å². The SMILES string of the molecule is CCCC1=NC(OC)C(=C=O)O1. The van der Waals surface area contributed by atoms with Gasteiger partial charge in [0.2, 0.25) is 12.0 Å². The molecule has 66 valence electrons. The van der Waals surface area contributed by atoms with Gasteiger partial charge in [-0.2, -0.15) is 0 Å². The molecule has 0 amide bonds. The number of carbonyl (C=O) groups excluding carboxylic acids is 1. The number of hydrogen-bond acceptors (Lipinski definition) is 4. The minimum Gasteiger partial charge on any atom is -0.431 e. The molecule has 1 aliphatic rings. The molecule has 0 aliphatic carbocycles. The standard InChI is InChI=1S/C8H11NO3/c1-3-4-7-9-8(11-2)6(5-10)12-7/h8H,3-4H2,1-2H3. The number of nitrogens with zero attached hydrogens (tertiary/aromatic N) is 1. The first-order valence-electron chi connectivity index (χ1n) is 3.84. The van der Waals surface area contributed by atoms with Gasteiger partial charge in [-0.1, -0.05) is 6.92 Å². The predicted molar refractivity (Wildman–Crippen MR) is 43.4 cm³/mol. The second kappa shape index (κ2) is 4.04. The Balaban J connectivity index is 2.67. The summed E-state index contributed by atoms with van der Waals surface area (Å²) in [4.78, 5) is 14.3. The average molecular weight is 169 g/mol. The van der Waals surface area contributed by atoms with Gasteiger partial charge in [0.15, 0.2) is 11.8 Å². The van der Waals surface area contributed by atoms with Crippen LogP contribution in [0.25, 0.3) is 0 Å². The Morgan fingerprint density at radius 1 is 1.75 bits per heavy atom. The van der Waals surface area contributed by atoms with Crippen LogP contribution in [-0.4, -0.2) is 25.2 Å². The third-order valence-corrected chi connectivity index (χ3v) is 1.50. The molecule has 0 aromatic carbocycles. The second-order valence-electron chi connectivity index (χ2n) is 2.43. The lowest BCUT2D eigenvalue weighted by molar-refractivity contribution is 0.123. The van der Waals surface area contributed by atoms with Crippen molar-refractivity contribution in [3.63, 3.8) is 0 Å². The van der Waals surface area contributed by atoms with Gasteiger partial charge in [0, 0.05) is 13.5 Å². The highest BCUT2D eigenvalue weighted by atomic mass is 16.6. The van der Waals surface area contributed by atoms with Gasteiger partial charge in [-0.15, -0.1) is 0 Å². The van der Waals surface area contributed by atoms with Crippen LogP contribution >= 0.6 is 0 Å². The van der Waals surface area contributed by atoms with Crippen LogP contribution in [-0.2, 0) is 14.3 Å². The van der Waals surface area contributed by atoms with Crippen LogP contribution in [0.15, 0.2) is 10.8 Å². The number of rotatable bonds is 3. The monoisotopic (exact) mass is 169 g/mol. The van der Waals surface area contributed by atoms with Gasteiger partial charge in [0.05, 0.1) is 0 Å². The topological polar surface area (TPSA) is 47.9 Å². The lowest BCUT2D eigenvalue weighted by Crippen LogP contribution is -2.06. The van der Waals surface area contributed by atoms with Crippen LogP contribution in [0.1, 0.15) is 19.8 Å². The second-order valence-corrected chi connectivity index (χ2v) is 2.43. The largest absolute Gasteiger partial charge is 0.431 e. The summed E-state index contributed by atoms with van der Waals surface area (Å²) in [5.41, 5.74) is 0. The molecule has 0 fully saturated rings. The summed E-state index contributed by atoms with van der Waals surface area (Å²) in [5, 5.41) is 0. The van der Waals surface area contributed by atoms with E-state index in [0.717, 1.165) is 12.8 Å². The Morgan fingerprint density at radius 2 is 2.50 bits per heavy atom. The maximum absolute atomic E-state index is 10.3. The van der Waals surface area contributed by atoms with Crippen molar-refractivity contribution in [2.75, 3.05) is 7.11 Å². The Labute approximate surface area is 70.9 Å². The first-order valence-corrected chi connectivity index (χ1v) is 3.84. The van der Waals surface area contributed by atoms with Gasteiger partial charge >= 0.3 is 0 Å². The lowest BCUT2D eigenvalue weighted by atomic mass is 10.3. The minimum atomic E-state index is -0.580. The molecular formula is C8H11NO3. The van der Waals surface area contributed by atoms with Crippen LogP contribution in [0.4, 0.5) is 0 Å². The molecule has 1 unspecified atom stereocenters. The van der Waals surface area contributed by atoms with E-state index in [1.807, 2.05) is 6.92 Å². The van der Waals surface area contributed by atoms with Crippen molar-refractivity contribution in [1.29, 1.82) is 0 Å². The zero-order valence-corrected chi connectivity index (χ0v) is 7.16. The number of ether oxygens (including phenoxy) is 2. The Morgan fingerprint density at radius 3 is 2.92 bits per heavy atom. The summed E-state index contributed by atoms with van der Waals surface area (Å²) >= 11 is 0. The van der Waals surface area contributed by atoms with Gasteiger partial charge < -0.3 is 9.47 Å². The van der Waals surface area contributed by atoms with E-state index in [0.29, 0.717) is 5.90 Å². The summed E-state index contributed by atoms with van der Waals surface area (Å²) < 4.78 is 9.95. The maximum Gasteiger partial charge on any atom is 0.240 e. The van der Waals surface area contributed by atoms with E-state index in [2.05, 4.69) is 4.99 Å². The molecule has 0 aromatic heterocycles. The fourth-order valence-corrected chi connectivity index (χ4v) is 0.954. The quantitative estimate of drug-likeness (QED) is 0.590. The van der Waals surface area contributed by atoms with Crippen LogP contribution in [0.5, 0.6) is 0 Å². The Kier molecular flexibility index (Phi) is 3.02. The van der Waals surface area contributed by atoms with Crippen molar-refractivity contribution in [2.24, 2.45) is 4.99 Å². The molecule has 1 rings (SSSR count). The van der Waals surface area contributed by atoms with Crippen molar-refractivity contribution in [3.05, 3.63) is 5.76 Å². The molecular weight excluding hydrogens is 158 g/mol. The van der Waals surface area contributed by atoms with Crippen molar-refractivity contribution in [3.8, 4) is 0 Å². The van der Waals surface area contributed by atoms with E-state index >= 15 is 0 Å². The fourth-order valence-electron chi connectivity index (χ4n) is 0.954.